The second kappa shape index (κ2) is 10.0. The van der Waals surface area contributed by atoms with Crippen LogP contribution in [-0.2, 0) is 17.6 Å². The fourth-order valence-electron chi connectivity index (χ4n) is 2.60. The number of nitriles is 1. The summed E-state index contributed by atoms with van der Waals surface area (Å²) in [5, 5.41) is 15.1. The van der Waals surface area contributed by atoms with E-state index in [2.05, 4.69) is 24.5 Å². The highest BCUT2D eigenvalue weighted by Crippen LogP contribution is 2.16. The van der Waals surface area contributed by atoms with E-state index >= 15 is 0 Å². The fraction of sp³-hybridized carbons (Fsp3) is 0.273. The van der Waals surface area contributed by atoms with Gasteiger partial charge >= 0.3 is 0 Å². The molecule has 4 nitrogen and oxygen atoms in total. The first-order chi connectivity index (χ1) is 12.7. The van der Waals surface area contributed by atoms with Crippen LogP contribution in [0, 0.1) is 11.3 Å². The van der Waals surface area contributed by atoms with Gasteiger partial charge in [0.2, 0.25) is 0 Å². The second-order valence-corrected chi connectivity index (χ2v) is 6.08. The highest BCUT2D eigenvalue weighted by Gasteiger charge is 2.09. The van der Waals surface area contributed by atoms with E-state index in [1.807, 2.05) is 54.6 Å². The fourth-order valence-corrected chi connectivity index (χ4v) is 2.60. The lowest BCUT2D eigenvalue weighted by atomic mass is 10.1. The molecular formula is C22H25N3O. The number of nitrogens with zero attached hydrogens (tertiary/aromatic N) is 1. The summed E-state index contributed by atoms with van der Waals surface area (Å²) in [4.78, 5) is 12.3. The zero-order valence-corrected chi connectivity index (χ0v) is 15.4. The molecule has 4 heteroatoms. The van der Waals surface area contributed by atoms with E-state index in [0.29, 0.717) is 5.69 Å². The Hall–Kier alpha value is -3.06. The minimum absolute atomic E-state index is 0.0333. The number of hydrogen-bond acceptors (Lipinski definition) is 3. The van der Waals surface area contributed by atoms with Gasteiger partial charge in [-0.05, 0) is 48.6 Å². The highest BCUT2D eigenvalue weighted by atomic mass is 16.1. The summed E-state index contributed by atoms with van der Waals surface area (Å²) in [6, 6.07) is 17.6. The quantitative estimate of drug-likeness (QED) is 0.519. The lowest BCUT2D eigenvalue weighted by molar-refractivity contribution is -0.112. The van der Waals surface area contributed by atoms with Crippen LogP contribution in [0.1, 0.15) is 37.8 Å². The van der Waals surface area contributed by atoms with Crippen molar-refractivity contribution in [3.63, 3.8) is 0 Å². The first kappa shape index (κ1) is 19.3. The van der Waals surface area contributed by atoms with Gasteiger partial charge in [-0.1, -0.05) is 50.6 Å². The van der Waals surface area contributed by atoms with Gasteiger partial charge in [0, 0.05) is 17.6 Å². The SMILES string of the molecule is CCCCc1ccc(NC(=O)/C(C#N)=C\Nc2ccccc2CC)cc1. The van der Waals surface area contributed by atoms with Crippen LogP contribution in [0.25, 0.3) is 0 Å². The number of benzene rings is 2. The smallest absolute Gasteiger partial charge is 0.267 e. The number of unbranched alkanes of at least 4 members (excludes halogenated alkanes) is 1. The standard InChI is InChI=1S/C22H25N3O/c1-3-5-8-17-11-13-20(14-12-17)25-22(26)19(15-23)16-24-21-10-7-6-9-18(21)4-2/h6-7,9-14,16,24H,3-5,8H2,1-2H3,(H,25,26)/b19-16-. The summed E-state index contributed by atoms with van der Waals surface area (Å²) < 4.78 is 0. The van der Waals surface area contributed by atoms with Gasteiger partial charge in [-0.25, -0.2) is 0 Å². The Morgan fingerprint density at radius 3 is 2.50 bits per heavy atom. The molecule has 0 aliphatic carbocycles. The van der Waals surface area contributed by atoms with Gasteiger partial charge in [-0.15, -0.1) is 0 Å². The zero-order chi connectivity index (χ0) is 18.8. The molecule has 2 aromatic rings. The monoisotopic (exact) mass is 347 g/mol. The lowest BCUT2D eigenvalue weighted by Crippen LogP contribution is -2.14. The molecule has 26 heavy (non-hydrogen) atoms. The van der Waals surface area contributed by atoms with E-state index in [9.17, 15) is 10.1 Å². The third-order valence-electron chi connectivity index (χ3n) is 4.17. The van der Waals surface area contributed by atoms with Crippen LogP contribution in [0.4, 0.5) is 11.4 Å². The highest BCUT2D eigenvalue weighted by molar-refractivity contribution is 6.06. The van der Waals surface area contributed by atoms with E-state index < -0.39 is 5.91 Å². The van der Waals surface area contributed by atoms with Crippen LogP contribution >= 0.6 is 0 Å². The molecule has 0 saturated carbocycles. The Morgan fingerprint density at radius 2 is 1.85 bits per heavy atom. The molecule has 0 bridgehead atoms. The van der Waals surface area contributed by atoms with Crippen molar-refractivity contribution in [1.29, 1.82) is 5.26 Å². The average molecular weight is 347 g/mol. The lowest BCUT2D eigenvalue weighted by Gasteiger charge is -2.08. The minimum Gasteiger partial charge on any atom is -0.360 e. The summed E-state index contributed by atoms with van der Waals surface area (Å²) in [6.07, 6.45) is 5.67. The number of nitrogens with one attached hydrogen (secondary N) is 2. The largest absolute Gasteiger partial charge is 0.360 e. The first-order valence-electron chi connectivity index (χ1n) is 9.03. The average Bonchev–Trinajstić information content (AvgIpc) is 2.68. The van der Waals surface area contributed by atoms with E-state index in [1.54, 1.807) is 0 Å². The molecule has 134 valence electrons. The Kier molecular flexibility index (Phi) is 7.45. The van der Waals surface area contributed by atoms with E-state index in [-0.39, 0.29) is 5.57 Å². The number of carbonyl (C=O) groups excluding carboxylic acids is 1. The van der Waals surface area contributed by atoms with Gasteiger partial charge in [-0.2, -0.15) is 5.26 Å². The van der Waals surface area contributed by atoms with Crippen molar-refractivity contribution in [3.05, 3.63) is 71.4 Å². The van der Waals surface area contributed by atoms with Crippen LogP contribution in [0.15, 0.2) is 60.3 Å². The molecule has 2 rings (SSSR count). The maximum atomic E-state index is 12.3. The van der Waals surface area contributed by atoms with Gasteiger partial charge < -0.3 is 10.6 Å². The molecule has 0 aliphatic heterocycles. The van der Waals surface area contributed by atoms with Gasteiger partial charge in [0.25, 0.3) is 5.91 Å². The number of rotatable bonds is 8. The Balaban J connectivity index is 2.03. The Bertz CT molecular complexity index is 801. The molecular weight excluding hydrogens is 322 g/mol. The molecule has 0 saturated heterocycles. The van der Waals surface area contributed by atoms with Gasteiger partial charge in [0.1, 0.15) is 11.6 Å². The molecule has 0 heterocycles. The predicted octanol–water partition coefficient (Wildman–Crippen LogP) is 5.05. The molecule has 2 N–H and O–H groups in total. The first-order valence-corrected chi connectivity index (χ1v) is 9.03. The number of aryl methyl sites for hydroxylation is 2. The van der Waals surface area contributed by atoms with Crippen molar-refractivity contribution in [3.8, 4) is 6.07 Å². The summed E-state index contributed by atoms with van der Waals surface area (Å²) in [5.41, 5.74) is 4.00. The van der Waals surface area contributed by atoms with Crippen molar-refractivity contribution in [2.24, 2.45) is 0 Å². The third kappa shape index (κ3) is 5.49. The Labute approximate surface area is 155 Å². The molecule has 0 atom stereocenters. The van der Waals surface area contributed by atoms with Crippen LogP contribution in [-0.4, -0.2) is 5.91 Å². The van der Waals surface area contributed by atoms with E-state index in [0.717, 1.165) is 36.9 Å². The van der Waals surface area contributed by atoms with Crippen LogP contribution in [0.3, 0.4) is 0 Å². The van der Waals surface area contributed by atoms with Crippen LogP contribution < -0.4 is 10.6 Å². The van der Waals surface area contributed by atoms with Gasteiger partial charge in [0.05, 0.1) is 0 Å². The topological polar surface area (TPSA) is 64.9 Å². The number of anilines is 2. The zero-order valence-electron chi connectivity index (χ0n) is 15.4. The maximum Gasteiger partial charge on any atom is 0.267 e. The number of hydrogen-bond donors (Lipinski definition) is 2. The van der Waals surface area contributed by atoms with Crippen molar-refractivity contribution in [1.82, 2.24) is 0 Å². The molecule has 0 unspecified atom stereocenters. The molecule has 1 amide bonds. The Morgan fingerprint density at radius 1 is 1.12 bits per heavy atom. The molecule has 0 radical (unpaired) electrons. The van der Waals surface area contributed by atoms with Crippen molar-refractivity contribution >= 4 is 17.3 Å². The van der Waals surface area contributed by atoms with E-state index in [4.69, 9.17) is 0 Å². The number of para-hydroxylation sites is 1. The summed E-state index contributed by atoms with van der Waals surface area (Å²) in [6.45, 7) is 4.23. The van der Waals surface area contributed by atoms with Crippen LogP contribution in [0.5, 0.6) is 0 Å². The predicted molar refractivity (Wildman–Crippen MR) is 107 cm³/mol. The molecule has 0 aromatic heterocycles. The number of amides is 1. The van der Waals surface area contributed by atoms with Crippen molar-refractivity contribution in [2.45, 2.75) is 39.5 Å². The van der Waals surface area contributed by atoms with Crippen molar-refractivity contribution in [2.75, 3.05) is 10.6 Å². The van der Waals surface area contributed by atoms with Gasteiger partial charge in [0.15, 0.2) is 0 Å². The summed E-state index contributed by atoms with van der Waals surface area (Å²) in [7, 11) is 0. The van der Waals surface area contributed by atoms with Gasteiger partial charge in [-0.3, -0.25) is 4.79 Å². The molecule has 0 spiro atoms. The van der Waals surface area contributed by atoms with Crippen LogP contribution in [0.2, 0.25) is 0 Å². The minimum atomic E-state index is -0.421. The van der Waals surface area contributed by atoms with E-state index in [1.165, 1.54) is 11.8 Å². The number of carbonyl (C=O) groups is 1. The molecule has 0 aliphatic rings. The third-order valence-corrected chi connectivity index (χ3v) is 4.17. The second-order valence-electron chi connectivity index (χ2n) is 6.08. The normalized spacial score (nSPS) is 10.9. The van der Waals surface area contributed by atoms with Crippen molar-refractivity contribution < 1.29 is 4.79 Å². The maximum absolute atomic E-state index is 12.3. The summed E-state index contributed by atoms with van der Waals surface area (Å²) in [5.74, 6) is -0.421. The summed E-state index contributed by atoms with van der Waals surface area (Å²) >= 11 is 0. The molecule has 0 fully saturated rings. The molecule has 2 aromatic carbocycles.